The molecular formula is C25H30ClN3O5S2. The standard InChI is InChI=1S/C25H30ClN3O5S2/c1-16-13-18-14-19(6-5-17(18)15-29(16)24(31)34-25(2,3)4)28-11-9-21(23(28)30)27-36(32,33)12-10-20-7-8-22(26)35-20/h5-8,10,12,14,16,21,27H,9,11,13,15H2,1-4H3/t16?,21-/m0/s1. The van der Waals surface area contributed by atoms with Gasteiger partial charge in [0.2, 0.25) is 15.9 Å². The topological polar surface area (TPSA) is 96.0 Å². The molecule has 8 nitrogen and oxygen atoms in total. The summed E-state index contributed by atoms with van der Waals surface area (Å²) < 4.78 is 33.6. The number of benzene rings is 1. The largest absolute Gasteiger partial charge is 0.444 e. The first kappa shape index (κ1) is 26.7. The first-order chi connectivity index (χ1) is 16.8. The monoisotopic (exact) mass is 551 g/mol. The SMILES string of the molecule is CC1Cc2cc(N3CC[C@H](NS(=O)(=O)C=Cc4ccc(Cl)s4)C3=O)ccc2CN1C(=O)OC(C)(C)C. The first-order valence-electron chi connectivity index (χ1n) is 11.7. The van der Waals surface area contributed by atoms with E-state index in [1.807, 2.05) is 45.9 Å². The maximum atomic E-state index is 13.1. The predicted octanol–water partition coefficient (Wildman–Crippen LogP) is 4.78. The lowest BCUT2D eigenvalue weighted by Crippen LogP contribution is -2.45. The summed E-state index contributed by atoms with van der Waals surface area (Å²) in [5.41, 5.74) is 2.23. The van der Waals surface area contributed by atoms with Crippen molar-refractivity contribution >= 4 is 56.7 Å². The van der Waals surface area contributed by atoms with Crippen LogP contribution in [0.3, 0.4) is 0 Å². The zero-order valence-electron chi connectivity index (χ0n) is 20.7. The lowest BCUT2D eigenvalue weighted by Gasteiger charge is -2.36. The van der Waals surface area contributed by atoms with E-state index < -0.39 is 21.7 Å². The Morgan fingerprint density at radius 2 is 1.97 bits per heavy atom. The molecule has 3 heterocycles. The number of anilines is 1. The summed E-state index contributed by atoms with van der Waals surface area (Å²) in [7, 11) is -3.81. The van der Waals surface area contributed by atoms with E-state index in [2.05, 4.69) is 4.72 Å². The Kier molecular flexibility index (Phi) is 7.52. The smallest absolute Gasteiger partial charge is 0.410 e. The van der Waals surface area contributed by atoms with Crippen LogP contribution in [-0.4, -0.2) is 49.5 Å². The van der Waals surface area contributed by atoms with Crippen LogP contribution >= 0.6 is 22.9 Å². The normalized spacial score (nSPS) is 20.8. The molecule has 2 amide bonds. The second-order valence-corrected chi connectivity index (χ2v) is 13.4. The van der Waals surface area contributed by atoms with Gasteiger partial charge in [-0.2, -0.15) is 4.72 Å². The molecule has 2 aliphatic heterocycles. The molecule has 2 atom stereocenters. The molecule has 1 aromatic carbocycles. The molecule has 4 rings (SSSR count). The van der Waals surface area contributed by atoms with Gasteiger partial charge in [-0.3, -0.25) is 4.79 Å². The maximum Gasteiger partial charge on any atom is 0.410 e. The molecule has 1 unspecified atom stereocenters. The number of hydrogen-bond acceptors (Lipinski definition) is 6. The lowest BCUT2D eigenvalue weighted by molar-refractivity contribution is -0.118. The Bertz CT molecular complexity index is 1300. The van der Waals surface area contributed by atoms with Crippen molar-refractivity contribution in [2.24, 2.45) is 0 Å². The number of carbonyl (C=O) groups excluding carboxylic acids is 2. The molecule has 2 aliphatic rings. The second-order valence-electron chi connectivity index (χ2n) is 10.1. The Hall–Kier alpha value is -2.40. The molecule has 0 spiro atoms. The molecule has 1 fully saturated rings. The van der Waals surface area contributed by atoms with E-state index in [0.29, 0.717) is 35.1 Å². The number of nitrogens with one attached hydrogen (secondary N) is 1. The van der Waals surface area contributed by atoms with Gasteiger partial charge in [0.05, 0.1) is 4.34 Å². The van der Waals surface area contributed by atoms with Crippen LogP contribution in [-0.2, 0) is 32.5 Å². The molecule has 0 radical (unpaired) electrons. The molecule has 0 bridgehead atoms. The quantitative estimate of drug-likeness (QED) is 0.577. The minimum atomic E-state index is -3.81. The van der Waals surface area contributed by atoms with E-state index in [-0.39, 0.29) is 18.0 Å². The van der Waals surface area contributed by atoms with Crippen molar-refractivity contribution in [3.8, 4) is 0 Å². The number of carbonyl (C=O) groups is 2. The van der Waals surface area contributed by atoms with Crippen LogP contribution < -0.4 is 9.62 Å². The molecular weight excluding hydrogens is 522 g/mol. The van der Waals surface area contributed by atoms with Crippen molar-refractivity contribution in [3.05, 3.63) is 56.1 Å². The third-order valence-corrected chi connectivity index (χ3v) is 8.34. The summed E-state index contributed by atoms with van der Waals surface area (Å²) in [6.07, 6.45) is 2.13. The molecule has 36 heavy (non-hydrogen) atoms. The van der Waals surface area contributed by atoms with Gasteiger partial charge in [0, 0.05) is 35.1 Å². The number of rotatable bonds is 5. The van der Waals surface area contributed by atoms with Crippen molar-refractivity contribution < 1.29 is 22.7 Å². The molecule has 1 N–H and O–H groups in total. The van der Waals surface area contributed by atoms with E-state index in [1.165, 1.54) is 17.4 Å². The number of sulfonamides is 1. The summed E-state index contributed by atoms with van der Waals surface area (Å²) in [5, 5.41) is 1.06. The first-order valence-corrected chi connectivity index (χ1v) is 14.4. The van der Waals surface area contributed by atoms with Gasteiger partial charge < -0.3 is 14.5 Å². The Balaban J connectivity index is 1.43. The number of hydrogen-bond donors (Lipinski definition) is 1. The minimum Gasteiger partial charge on any atom is -0.444 e. The van der Waals surface area contributed by atoms with Crippen LogP contribution in [0.15, 0.2) is 35.7 Å². The number of halogens is 1. The van der Waals surface area contributed by atoms with Crippen LogP contribution in [0.4, 0.5) is 10.5 Å². The van der Waals surface area contributed by atoms with Crippen molar-refractivity contribution in [2.75, 3.05) is 11.4 Å². The Labute approximate surface area is 220 Å². The van der Waals surface area contributed by atoms with Crippen LogP contribution in [0.25, 0.3) is 6.08 Å². The van der Waals surface area contributed by atoms with Gasteiger partial charge in [0.1, 0.15) is 11.6 Å². The summed E-state index contributed by atoms with van der Waals surface area (Å²) in [6.45, 7) is 8.35. The van der Waals surface area contributed by atoms with Crippen molar-refractivity contribution in [1.82, 2.24) is 9.62 Å². The van der Waals surface area contributed by atoms with Crippen LogP contribution in [0, 0.1) is 0 Å². The van der Waals surface area contributed by atoms with Gasteiger partial charge >= 0.3 is 6.09 Å². The summed E-state index contributed by atoms with van der Waals surface area (Å²) >= 11 is 7.15. The van der Waals surface area contributed by atoms with Crippen molar-refractivity contribution in [2.45, 2.75) is 64.8 Å². The number of amides is 2. The van der Waals surface area contributed by atoms with E-state index in [9.17, 15) is 18.0 Å². The maximum absolute atomic E-state index is 13.1. The van der Waals surface area contributed by atoms with Gasteiger partial charge in [-0.25, -0.2) is 13.2 Å². The zero-order valence-corrected chi connectivity index (χ0v) is 23.0. The summed E-state index contributed by atoms with van der Waals surface area (Å²) in [5.74, 6) is -0.287. The molecule has 0 aliphatic carbocycles. The van der Waals surface area contributed by atoms with Gasteiger partial charge in [0.25, 0.3) is 0 Å². The average molecular weight is 552 g/mol. The summed E-state index contributed by atoms with van der Waals surface area (Å²) in [6, 6.07) is 8.27. The second kappa shape index (κ2) is 10.2. The molecule has 0 saturated carbocycles. The highest BCUT2D eigenvalue weighted by Gasteiger charge is 2.36. The van der Waals surface area contributed by atoms with Gasteiger partial charge in [-0.15, -0.1) is 11.3 Å². The van der Waals surface area contributed by atoms with Gasteiger partial charge in [-0.1, -0.05) is 17.7 Å². The van der Waals surface area contributed by atoms with Gasteiger partial charge in [0.15, 0.2) is 0 Å². The van der Waals surface area contributed by atoms with Crippen LogP contribution in [0.2, 0.25) is 4.34 Å². The van der Waals surface area contributed by atoms with E-state index in [1.54, 1.807) is 21.9 Å². The minimum absolute atomic E-state index is 0.0542. The molecule has 1 aromatic heterocycles. The van der Waals surface area contributed by atoms with Crippen LogP contribution in [0.5, 0.6) is 0 Å². The number of ether oxygens (including phenoxy) is 1. The van der Waals surface area contributed by atoms with Crippen molar-refractivity contribution in [3.63, 3.8) is 0 Å². The van der Waals surface area contributed by atoms with Crippen LogP contribution in [0.1, 0.15) is 50.1 Å². The fourth-order valence-corrected chi connectivity index (χ4v) is 6.38. The van der Waals surface area contributed by atoms with E-state index >= 15 is 0 Å². The fourth-order valence-electron chi connectivity index (χ4n) is 4.32. The Morgan fingerprint density at radius 3 is 2.64 bits per heavy atom. The number of nitrogens with zero attached hydrogens (tertiary/aromatic N) is 2. The third-order valence-electron chi connectivity index (χ3n) is 6.04. The number of thiophene rings is 1. The highest BCUT2D eigenvalue weighted by atomic mass is 35.5. The summed E-state index contributed by atoms with van der Waals surface area (Å²) in [4.78, 5) is 29.7. The van der Waals surface area contributed by atoms with Gasteiger partial charge in [-0.05, 0) is 82.0 Å². The Morgan fingerprint density at radius 1 is 1.22 bits per heavy atom. The molecule has 194 valence electrons. The number of fused-ring (bicyclic) bond motifs is 1. The zero-order chi connectivity index (χ0) is 26.3. The highest BCUT2D eigenvalue weighted by Crippen LogP contribution is 2.31. The lowest BCUT2D eigenvalue weighted by atomic mass is 9.94. The average Bonchev–Trinajstić information content (AvgIpc) is 3.35. The highest BCUT2D eigenvalue weighted by molar-refractivity contribution is 7.92. The molecule has 11 heteroatoms. The fraction of sp³-hybridized carbons (Fsp3) is 0.440. The van der Waals surface area contributed by atoms with E-state index in [0.717, 1.165) is 22.2 Å². The van der Waals surface area contributed by atoms with Crippen molar-refractivity contribution in [1.29, 1.82) is 0 Å². The molecule has 2 aromatic rings. The predicted molar refractivity (Wildman–Crippen MR) is 143 cm³/mol. The third kappa shape index (κ3) is 6.29. The van der Waals surface area contributed by atoms with E-state index in [4.69, 9.17) is 16.3 Å². The molecule has 1 saturated heterocycles.